The molecule has 1 radical (unpaired) electrons. The summed E-state index contributed by atoms with van der Waals surface area (Å²) in [5, 5.41) is 0. The fourth-order valence-corrected chi connectivity index (χ4v) is 1.11. The van der Waals surface area contributed by atoms with E-state index in [9.17, 15) is 4.79 Å². The van der Waals surface area contributed by atoms with Gasteiger partial charge in [0.2, 0.25) is 6.29 Å². The van der Waals surface area contributed by atoms with Crippen LogP contribution in [0.5, 0.6) is 11.5 Å². The summed E-state index contributed by atoms with van der Waals surface area (Å²) >= 11 is 0. The van der Waals surface area contributed by atoms with Crippen molar-refractivity contribution in [2.45, 2.75) is 0 Å². The molecule has 1 rings (SSSR count). The Hall–Kier alpha value is -2.03. The SMILES string of the molecule is C=CCOc1cc([C]=O)cc(OCC=C)c1. The molecule has 0 amide bonds. The van der Waals surface area contributed by atoms with E-state index >= 15 is 0 Å². The molecule has 0 heterocycles. The summed E-state index contributed by atoms with van der Waals surface area (Å²) < 4.78 is 10.6. The summed E-state index contributed by atoms with van der Waals surface area (Å²) in [6, 6.07) is 4.89. The predicted octanol–water partition coefficient (Wildman–Crippen LogP) is 2.27. The van der Waals surface area contributed by atoms with Crippen molar-refractivity contribution < 1.29 is 14.3 Å². The molecule has 16 heavy (non-hydrogen) atoms. The van der Waals surface area contributed by atoms with E-state index < -0.39 is 0 Å². The number of hydrogen-bond donors (Lipinski definition) is 0. The molecule has 0 bridgehead atoms. The van der Waals surface area contributed by atoms with E-state index in [1.807, 2.05) is 0 Å². The van der Waals surface area contributed by atoms with Gasteiger partial charge in [-0.1, -0.05) is 25.3 Å². The van der Waals surface area contributed by atoms with Gasteiger partial charge in [-0.05, 0) is 12.1 Å². The third kappa shape index (κ3) is 3.61. The molecule has 0 N–H and O–H groups in total. The summed E-state index contributed by atoms with van der Waals surface area (Å²) in [4.78, 5) is 10.6. The molecule has 1 aromatic carbocycles. The van der Waals surface area contributed by atoms with Crippen molar-refractivity contribution in [3.8, 4) is 11.5 Å². The van der Waals surface area contributed by atoms with Gasteiger partial charge in [0.25, 0.3) is 0 Å². The molecule has 0 aromatic heterocycles. The summed E-state index contributed by atoms with van der Waals surface area (Å²) in [7, 11) is 0. The third-order valence-corrected chi connectivity index (χ3v) is 1.73. The van der Waals surface area contributed by atoms with Crippen LogP contribution in [0.1, 0.15) is 5.56 Å². The van der Waals surface area contributed by atoms with Gasteiger partial charge in [0.1, 0.15) is 24.7 Å². The third-order valence-electron chi connectivity index (χ3n) is 1.73. The van der Waals surface area contributed by atoms with E-state index in [-0.39, 0.29) is 0 Å². The van der Waals surface area contributed by atoms with Crippen molar-refractivity contribution in [3.63, 3.8) is 0 Å². The van der Waals surface area contributed by atoms with Crippen LogP contribution in [-0.2, 0) is 4.79 Å². The van der Waals surface area contributed by atoms with Crippen molar-refractivity contribution in [1.82, 2.24) is 0 Å². The Balaban J connectivity index is 2.86. The zero-order valence-corrected chi connectivity index (χ0v) is 8.94. The highest BCUT2D eigenvalue weighted by atomic mass is 16.5. The molecule has 3 nitrogen and oxygen atoms in total. The Labute approximate surface area is 95.0 Å². The van der Waals surface area contributed by atoms with E-state index in [0.29, 0.717) is 30.3 Å². The highest BCUT2D eigenvalue weighted by Crippen LogP contribution is 2.22. The molecule has 0 unspecified atom stereocenters. The second-order valence-electron chi connectivity index (χ2n) is 2.99. The summed E-state index contributed by atoms with van der Waals surface area (Å²) in [6.45, 7) is 7.84. The van der Waals surface area contributed by atoms with Gasteiger partial charge in [-0.25, -0.2) is 0 Å². The van der Waals surface area contributed by atoms with Gasteiger partial charge in [-0.15, -0.1) is 0 Å². The molecule has 3 heteroatoms. The fraction of sp³-hybridized carbons (Fsp3) is 0.154. The summed E-state index contributed by atoms with van der Waals surface area (Å²) in [5.41, 5.74) is 0.389. The minimum Gasteiger partial charge on any atom is -0.489 e. The van der Waals surface area contributed by atoms with E-state index in [4.69, 9.17) is 9.47 Å². The molecule has 0 aliphatic carbocycles. The maximum absolute atomic E-state index is 10.6. The Morgan fingerprint density at radius 3 is 1.94 bits per heavy atom. The lowest BCUT2D eigenvalue weighted by atomic mass is 10.2. The zero-order chi connectivity index (χ0) is 11.8. The topological polar surface area (TPSA) is 35.5 Å². The van der Waals surface area contributed by atoms with Crippen molar-refractivity contribution in [3.05, 3.63) is 49.1 Å². The monoisotopic (exact) mass is 217 g/mol. The van der Waals surface area contributed by atoms with Gasteiger partial charge < -0.3 is 9.47 Å². The number of rotatable bonds is 7. The molecular weight excluding hydrogens is 204 g/mol. The first-order valence-corrected chi connectivity index (χ1v) is 4.80. The molecule has 0 saturated carbocycles. The van der Waals surface area contributed by atoms with Gasteiger partial charge >= 0.3 is 0 Å². The maximum Gasteiger partial charge on any atom is 0.233 e. The number of ether oxygens (including phenoxy) is 2. The van der Waals surface area contributed by atoms with Crippen molar-refractivity contribution in [2.75, 3.05) is 13.2 Å². The quantitative estimate of drug-likeness (QED) is 0.657. The first-order chi connectivity index (χ1) is 7.80. The normalized spacial score (nSPS) is 9.25. The van der Waals surface area contributed by atoms with Crippen LogP contribution < -0.4 is 9.47 Å². The smallest absolute Gasteiger partial charge is 0.233 e. The first-order valence-electron chi connectivity index (χ1n) is 4.80. The lowest BCUT2D eigenvalue weighted by Gasteiger charge is -2.08. The lowest BCUT2D eigenvalue weighted by molar-refractivity contribution is 0.345. The van der Waals surface area contributed by atoms with E-state index in [2.05, 4.69) is 13.2 Å². The van der Waals surface area contributed by atoms with E-state index in [1.54, 1.807) is 36.6 Å². The van der Waals surface area contributed by atoms with Crippen LogP contribution in [-0.4, -0.2) is 19.5 Å². The highest BCUT2D eigenvalue weighted by Gasteiger charge is 2.02. The van der Waals surface area contributed by atoms with Gasteiger partial charge in [0.05, 0.1) is 0 Å². The van der Waals surface area contributed by atoms with Crippen LogP contribution in [0.25, 0.3) is 0 Å². The Kier molecular flexibility index (Phi) is 4.86. The minimum absolute atomic E-state index is 0.378. The zero-order valence-electron chi connectivity index (χ0n) is 8.94. The van der Waals surface area contributed by atoms with Crippen LogP contribution in [0, 0.1) is 0 Å². The van der Waals surface area contributed by atoms with Crippen molar-refractivity contribution >= 4 is 6.29 Å². The maximum atomic E-state index is 10.6. The molecule has 0 aliphatic rings. The molecule has 0 aliphatic heterocycles. The molecule has 83 valence electrons. The summed E-state index contributed by atoms with van der Waals surface area (Å²) in [6.07, 6.45) is 5.05. The number of hydrogen-bond acceptors (Lipinski definition) is 3. The Morgan fingerprint density at radius 2 is 1.56 bits per heavy atom. The van der Waals surface area contributed by atoms with E-state index in [1.165, 1.54) is 0 Å². The molecule has 0 saturated heterocycles. The predicted molar refractivity (Wildman–Crippen MR) is 62.6 cm³/mol. The highest BCUT2D eigenvalue weighted by molar-refractivity contribution is 5.77. The largest absolute Gasteiger partial charge is 0.489 e. The molecule has 1 aromatic rings. The molecule has 0 atom stereocenters. The lowest BCUT2D eigenvalue weighted by Crippen LogP contribution is -1.97. The van der Waals surface area contributed by atoms with Crippen LogP contribution in [0.4, 0.5) is 0 Å². The van der Waals surface area contributed by atoms with Crippen LogP contribution >= 0.6 is 0 Å². The molecule has 0 fully saturated rings. The second-order valence-corrected chi connectivity index (χ2v) is 2.99. The van der Waals surface area contributed by atoms with Gasteiger partial charge in [-0.3, -0.25) is 4.79 Å². The number of carbonyl (C=O) groups excluding carboxylic acids is 1. The van der Waals surface area contributed by atoms with Gasteiger partial charge in [-0.2, -0.15) is 0 Å². The van der Waals surface area contributed by atoms with Gasteiger partial charge in [0, 0.05) is 11.6 Å². The van der Waals surface area contributed by atoms with Crippen molar-refractivity contribution in [1.29, 1.82) is 0 Å². The average molecular weight is 217 g/mol. The average Bonchev–Trinajstić information content (AvgIpc) is 2.33. The number of benzene rings is 1. The molecule has 0 spiro atoms. The van der Waals surface area contributed by atoms with E-state index in [0.717, 1.165) is 0 Å². The van der Waals surface area contributed by atoms with Crippen molar-refractivity contribution in [2.24, 2.45) is 0 Å². The minimum atomic E-state index is 0.378. The van der Waals surface area contributed by atoms with Crippen LogP contribution in [0.2, 0.25) is 0 Å². The molecular formula is C13H13O3. The first kappa shape index (κ1) is 12.0. The standard InChI is InChI=1S/C13H13O3/c1-3-5-15-12-7-11(10-14)8-13(9-12)16-6-4-2/h3-4,7-9H,1-2,5-6H2. The van der Waals surface area contributed by atoms with Crippen LogP contribution in [0.3, 0.4) is 0 Å². The Bertz CT molecular complexity index is 353. The Morgan fingerprint density at radius 1 is 1.06 bits per heavy atom. The fourth-order valence-electron chi connectivity index (χ4n) is 1.11. The summed E-state index contributed by atoms with van der Waals surface area (Å²) in [5.74, 6) is 1.11. The van der Waals surface area contributed by atoms with Crippen LogP contribution in [0.15, 0.2) is 43.5 Å². The van der Waals surface area contributed by atoms with Gasteiger partial charge in [0.15, 0.2) is 0 Å². The second kappa shape index (κ2) is 6.45.